The number of hydrogen-bond acceptors (Lipinski definition) is 5. The van der Waals surface area contributed by atoms with Crippen molar-refractivity contribution >= 4 is 28.6 Å². The second-order valence-electron chi connectivity index (χ2n) is 9.36. The number of imide groups is 1. The van der Waals surface area contributed by atoms with Gasteiger partial charge in [0.05, 0.1) is 36.3 Å². The lowest BCUT2D eigenvalue weighted by atomic mass is 9.97. The molecule has 3 aromatic carbocycles. The molecular weight excluding hydrogens is 458 g/mol. The minimum atomic E-state index is -1.11. The zero-order chi connectivity index (χ0) is 25.2. The predicted molar refractivity (Wildman–Crippen MR) is 135 cm³/mol. The van der Waals surface area contributed by atoms with E-state index >= 15 is 0 Å². The molecule has 7 heteroatoms. The third-order valence-electron chi connectivity index (χ3n) is 6.96. The summed E-state index contributed by atoms with van der Waals surface area (Å²) in [4.78, 5) is 39.8. The van der Waals surface area contributed by atoms with Gasteiger partial charge in [-0.05, 0) is 73.2 Å². The fourth-order valence-electron chi connectivity index (χ4n) is 5.21. The van der Waals surface area contributed by atoms with E-state index in [1.165, 1.54) is 6.42 Å². The van der Waals surface area contributed by atoms with Gasteiger partial charge in [0, 0.05) is 0 Å². The summed E-state index contributed by atoms with van der Waals surface area (Å²) in [7, 11) is 0. The van der Waals surface area contributed by atoms with Crippen molar-refractivity contribution < 1.29 is 29.0 Å². The van der Waals surface area contributed by atoms with Crippen molar-refractivity contribution in [3.8, 4) is 11.5 Å². The summed E-state index contributed by atoms with van der Waals surface area (Å²) in [6, 6.07) is 15.1. The van der Waals surface area contributed by atoms with E-state index in [0.29, 0.717) is 23.7 Å². The molecule has 1 N–H and O–H groups in total. The Hall–Kier alpha value is -3.87. The largest absolute Gasteiger partial charge is 0.490 e. The smallest absolute Gasteiger partial charge is 0.305 e. The highest BCUT2D eigenvalue weighted by Gasteiger charge is 2.42. The van der Waals surface area contributed by atoms with Crippen LogP contribution in [0.2, 0.25) is 0 Å². The second kappa shape index (κ2) is 10.0. The molecule has 186 valence electrons. The summed E-state index contributed by atoms with van der Waals surface area (Å²) in [5.41, 5.74) is 1.09. The number of ether oxygens (including phenoxy) is 2. The number of aliphatic carboxylic acids is 1. The standard InChI is InChI=1S/C29H29NO6/c1-2-35-26-16-20(12-13-25(26)36-21-10-4-3-5-11-21)24(17-27(31)32)30-28(33)22-14-18-8-6-7-9-19(18)15-23(22)29(30)34/h6-9,12-16,21,24H,2-5,10-11,17H2,1H3,(H,31,32). The Bertz CT molecular complexity index is 1270. The van der Waals surface area contributed by atoms with E-state index in [0.717, 1.165) is 41.4 Å². The lowest BCUT2D eigenvalue weighted by Gasteiger charge is -2.27. The van der Waals surface area contributed by atoms with Gasteiger partial charge in [-0.15, -0.1) is 0 Å². The van der Waals surface area contributed by atoms with Crippen LogP contribution in [0.5, 0.6) is 11.5 Å². The first-order chi connectivity index (χ1) is 17.5. The van der Waals surface area contributed by atoms with Gasteiger partial charge in [0.1, 0.15) is 0 Å². The number of fused-ring (bicyclic) bond motifs is 2. The van der Waals surface area contributed by atoms with Gasteiger partial charge < -0.3 is 14.6 Å². The maximum atomic E-state index is 13.4. The third kappa shape index (κ3) is 4.53. The summed E-state index contributed by atoms with van der Waals surface area (Å²) < 4.78 is 12.1. The van der Waals surface area contributed by atoms with Crippen LogP contribution in [0, 0.1) is 0 Å². The normalized spacial score (nSPS) is 16.8. The van der Waals surface area contributed by atoms with Crippen molar-refractivity contribution in [3.05, 3.63) is 71.3 Å². The Morgan fingerprint density at radius 3 is 2.17 bits per heavy atom. The maximum absolute atomic E-state index is 13.4. The Kier molecular flexibility index (Phi) is 6.63. The van der Waals surface area contributed by atoms with Crippen molar-refractivity contribution in [1.82, 2.24) is 4.90 Å². The molecule has 0 saturated heterocycles. The molecule has 3 aromatic rings. The molecule has 1 aliphatic heterocycles. The first-order valence-corrected chi connectivity index (χ1v) is 12.5. The van der Waals surface area contributed by atoms with E-state index in [2.05, 4.69) is 0 Å². The van der Waals surface area contributed by atoms with Crippen LogP contribution in [0.3, 0.4) is 0 Å². The molecule has 1 aliphatic carbocycles. The van der Waals surface area contributed by atoms with Gasteiger partial charge in [-0.1, -0.05) is 36.8 Å². The summed E-state index contributed by atoms with van der Waals surface area (Å²) in [6.45, 7) is 2.26. The van der Waals surface area contributed by atoms with Crippen LogP contribution < -0.4 is 9.47 Å². The van der Waals surface area contributed by atoms with Gasteiger partial charge in [0.15, 0.2) is 11.5 Å². The van der Waals surface area contributed by atoms with Crippen LogP contribution >= 0.6 is 0 Å². The van der Waals surface area contributed by atoms with E-state index in [9.17, 15) is 19.5 Å². The molecule has 1 atom stereocenters. The first-order valence-electron chi connectivity index (χ1n) is 12.5. The number of carboxylic acids is 1. The number of hydrogen-bond donors (Lipinski definition) is 1. The monoisotopic (exact) mass is 487 g/mol. The van der Waals surface area contributed by atoms with Crippen molar-refractivity contribution in [1.29, 1.82) is 0 Å². The number of carbonyl (C=O) groups is 3. The number of carboxylic acid groups (broad SMARTS) is 1. The molecule has 0 spiro atoms. The topological polar surface area (TPSA) is 93.1 Å². The van der Waals surface area contributed by atoms with Crippen molar-refractivity contribution in [2.45, 2.75) is 57.6 Å². The third-order valence-corrected chi connectivity index (χ3v) is 6.96. The molecular formula is C29H29NO6. The lowest BCUT2D eigenvalue weighted by Crippen LogP contribution is -2.35. The van der Waals surface area contributed by atoms with Crippen LogP contribution in [-0.4, -0.2) is 40.5 Å². The SMILES string of the molecule is CCOc1cc(C(CC(=O)O)N2C(=O)c3cc4ccccc4cc3C2=O)ccc1OC1CCCCC1. The van der Waals surface area contributed by atoms with E-state index in [1.807, 2.05) is 31.2 Å². The summed E-state index contributed by atoms with van der Waals surface area (Å²) in [6.07, 6.45) is 5.13. The number of rotatable bonds is 8. The van der Waals surface area contributed by atoms with Gasteiger partial charge in [-0.3, -0.25) is 19.3 Å². The van der Waals surface area contributed by atoms with Gasteiger partial charge in [0.25, 0.3) is 11.8 Å². The van der Waals surface area contributed by atoms with Crippen LogP contribution in [0.25, 0.3) is 10.8 Å². The van der Waals surface area contributed by atoms with Crippen LogP contribution in [-0.2, 0) is 4.79 Å². The number of nitrogens with zero attached hydrogens (tertiary/aromatic N) is 1. The molecule has 7 nitrogen and oxygen atoms in total. The molecule has 1 heterocycles. The molecule has 1 unspecified atom stereocenters. The molecule has 1 saturated carbocycles. The van der Waals surface area contributed by atoms with Gasteiger partial charge in [0.2, 0.25) is 0 Å². The quantitative estimate of drug-likeness (QED) is 0.406. The zero-order valence-corrected chi connectivity index (χ0v) is 20.2. The van der Waals surface area contributed by atoms with E-state index in [-0.39, 0.29) is 17.2 Å². The van der Waals surface area contributed by atoms with Crippen LogP contribution in [0.1, 0.15) is 77.8 Å². The molecule has 2 amide bonds. The number of carbonyl (C=O) groups excluding carboxylic acids is 2. The van der Waals surface area contributed by atoms with E-state index in [4.69, 9.17) is 9.47 Å². The highest BCUT2D eigenvalue weighted by Crippen LogP contribution is 2.39. The minimum Gasteiger partial charge on any atom is -0.490 e. The average Bonchev–Trinajstić information content (AvgIpc) is 3.12. The number of benzene rings is 3. The fourth-order valence-corrected chi connectivity index (χ4v) is 5.21. The van der Waals surface area contributed by atoms with Gasteiger partial charge >= 0.3 is 5.97 Å². The Morgan fingerprint density at radius 1 is 0.944 bits per heavy atom. The highest BCUT2D eigenvalue weighted by molar-refractivity contribution is 6.23. The fraction of sp³-hybridized carbons (Fsp3) is 0.345. The molecule has 36 heavy (non-hydrogen) atoms. The van der Waals surface area contributed by atoms with Gasteiger partial charge in [-0.25, -0.2) is 0 Å². The Balaban J connectivity index is 1.51. The van der Waals surface area contributed by atoms with Crippen molar-refractivity contribution in [3.63, 3.8) is 0 Å². The molecule has 0 radical (unpaired) electrons. The molecule has 0 bridgehead atoms. The van der Waals surface area contributed by atoms with Crippen LogP contribution in [0.15, 0.2) is 54.6 Å². The minimum absolute atomic E-state index is 0.115. The second-order valence-corrected chi connectivity index (χ2v) is 9.36. The summed E-state index contributed by atoms with van der Waals surface area (Å²) in [5.74, 6) is -1.02. The van der Waals surface area contributed by atoms with Crippen molar-refractivity contribution in [2.75, 3.05) is 6.61 Å². The highest BCUT2D eigenvalue weighted by atomic mass is 16.5. The summed E-state index contributed by atoms with van der Waals surface area (Å²) >= 11 is 0. The molecule has 2 aliphatic rings. The maximum Gasteiger partial charge on any atom is 0.305 e. The summed E-state index contributed by atoms with van der Waals surface area (Å²) in [5, 5.41) is 11.4. The average molecular weight is 488 g/mol. The predicted octanol–water partition coefficient (Wildman–Crippen LogP) is 5.76. The van der Waals surface area contributed by atoms with Crippen molar-refractivity contribution in [2.24, 2.45) is 0 Å². The van der Waals surface area contributed by atoms with Crippen LogP contribution in [0.4, 0.5) is 0 Å². The zero-order valence-electron chi connectivity index (χ0n) is 20.2. The van der Waals surface area contributed by atoms with E-state index < -0.39 is 30.2 Å². The number of amides is 2. The van der Waals surface area contributed by atoms with E-state index in [1.54, 1.807) is 30.3 Å². The Morgan fingerprint density at radius 2 is 1.58 bits per heavy atom. The Labute approximate surface area is 209 Å². The first kappa shape index (κ1) is 23.9. The molecule has 5 rings (SSSR count). The molecule has 0 aromatic heterocycles. The van der Waals surface area contributed by atoms with Gasteiger partial charge in [-0.2, -0.15) is 0 Å². The lowest BCUT2D eigenvalue weighted by molar-refractivity contribution is -0.138. The molecule has 1 fully saturated rings.